The molecular weight excluding hydrogens is 335 g/mol. The van der Waals surface area contributed by atoms with Crippen LogP contribution in [-0.4, -0.2) is 53.3 Å². The third-order valence-electron chi connectivity index (χ3n) is 4.04. The molecule has 0 bridgehead atoms. The van der Waals surface area contributed by atoms with Crippen LogP contribution in [0.4, 0.5) is 4.39 Å². The number of nitrogens with one attached hydrogen (secondary N) is 1. The van der Waals surface area contributed by atoms with Crippen molar-refractivity contribution in [3.05, 3.63) is 30.1 Å². The third-order valence-corrected chi connectivity index (χ3v) is 5.05. The highest BCUT2D eigenvalue weighted by Crippen LogP contribution is 2.22. The number of carbonyl (C=O) groups is 3. The van der Waals surface area contributed by atoms with E-state index in [2.05, 4.69) is 5.32 Å². The monoisotopic (exact) mass is 352 g/mol. The van der Waals surface area contributed by atoms with Crippen LogP contribution in [0.25, 0.3) is 0 Å². The van der Waals surface area contributed by atoms with Gasteiger partial charge < -0.3 is 15.0 Å². The molecule has 1 atom stereocenters. The molecule has 0 radical (unpaired) electrons. The molecule has 24 heavy (non-hydrogen) atoms. The molecule has 8 heteroatoms. The predicted molar refractivity (Wildman–Crippen MR) is 86.0 cm³/mol. The van der Waals surface area contributed by atoms with E-state index in [4.69, 9.17) is 4.74 Å². The van der Waals surface area contributed by atoms with E-state index in [1.54, 1.807) is 6.07 Å². The summed E-state index contributed by atoms with van der Waals surface area (Å²) in [4.78, 5) is 37.0. The lowest BCUT2D eigenvalue weighted by Gasteiger charge is -2.38. The number of nitrogens with zero attached hydrogens (tertiary/aromatic N) is 1. The van der Waals surface area contributed by atoms with Gasteiger partial charge in [0.15, 0.2) is 18.2 Å². The van der Waals surface area contributed by atoms with Gasteiger partial charge in [0.25, 0.3) is 5.91 Å². The Hall–Kier alpha value is -2.09. The number of amides is 2. The van der Waals surface area contributed by atoms with Crippen LogP contribution in [0.3, 0.4) is 0 Å². The summed E-state index contributed by atoms with van der Waals surface area (Å²) < 4.78 is 18.6. The largest absolute Gasteiger partial charge is 0.481 e. The lowest BCUT2D eigenvalue weighted by molar-refractivity contribution is -0.145. The average molecular weight is 352 g/mol. The first-order valence-corrected chi connectivity index (χ1v) is 8.65. The van der Waals surface area contributed by atoms with Crippen molar-refractivity contribution in [2.45, 2.75) is 12.5 Å². The minimum Gasteiger partial charge on any atom is -0.481 e. The summed E-state index contributed by atoms with van der Waals surface area (Å²) >= 11 is 1.23. The Balaban J connectivity index is 1.41. The van der Waals surface area contributed by atoms with E-state index in [9.17, 15) is 18.8 Å². The van der Waals surface area contributed by atoms with Crippen LogP contribution in [0.15, 0.2) is 24.3 Å². The van der Waals surface area contributed by atoms with Crippen molar-refractivity contribution >= 4 is 28.7 Å². The molecule has 0 aromatic heterocycles. The van der Waals surface area contributed by atoms with Crippen molar-refractivity contribution in [3.8, 4) is 5.75 Å². The summed E-state index contributed by atoms with van der Waals surface area (Å²) in [7, 11) is 0. The Bertz CT molecular complexity index is 663. The van der Waals surface area contributed by atoms with Crippen LogP contribution in [-0.2, 0) is 14.4 Å². The lowest BCUT2D eigenvalue weighted by Crippen LogP contribution is -2.58. The van der Waals surface area contributed by atoms with Crippen molar-refractivity contribution in [1.29, 1.82) is 0 Å². The molecular formula is C16H17FN2O4S. The minimum absolute atomic E-state index is 0.00565. The molecule has 0 unspecified atom stereocenters. The SMILES string of the molecule is O=C(N[C@H]1CCSC1=O)C1CN(C(=O)COc2ccccc2F)C1. The molecule has 2 fully saturated rings. The van der Waals surface area contributed by atoms with Crippen LogP contribution >= 0.6 is 11.8 Å². The fourth-order valence-electron chi connectivity index (χ4n) is 2.56. The number of hydrogen-bond donors (Lipinski definition) is 1. The zero-order valence-electron chi connectivity index (χ0n) is 12.9. The zero-order chi connectivity index (χ0) is 17.1. The molecule has 0 saturated carbocycles. The van der Waals surface area contributed by atoms with Gasteiger partial charge in [-0.3, -0.25) is 14.4 Å². The van der Waals surface area contributed by atoms with Crippen LogP contribution in [0.2, 0.25) is 0 Å². The Morgan fingerprint density at radius 3 is 2.75 bits per heavy atom. The number of likely N-dealkylation sites (tertiary alicyclic amines) is 1. The average Bonchev–Trinajstić information content (AvgIpc) is 2.90. The Kier molecular flexibility index (Phi) is 5.03. The minimum atomic E-state index is -0.523. The van der Waals surface area contributed by atoms with Crippen molar-refractivity contribution in [1.82, 2.24) is 10.2 Å². The summed E-state index contributed by atoms with van der Waals surface area (Å²) in [5, 5.41) is 2.72. The van der Waals surface area contributed by atoms with E-state index >= 15 is 0 Å². The highest BCUT2D eigenvalue weighted by atomic mass is 32.2. The maximum atomic E-state index is 13.4. The second-order valence-electron chi connectivity index (χ2n) is 5.73. The Labute approximate surface area is 142 Å². The molecule has 1 aromatic carbocycles. The van der Waals surface area contributed by atoms with E-state index < -0.39 is 11.9 Å². The number of thioether (sulfide) groups is 1. The summed E-state index contributed by atoms with van der Waals surface area (Å²) in [6.07, 6.45) is 0.654. The second-order valence-corrected chi connectivity index (χ2v) is 6.83. The topological polar surface area (TPSA) is 75.7 Å². The molecule has 3 rings (SSSR count). The first kappa shape index (κ1) is 16.8. The fourth-order valence-corrected chi connectivity index (χ4v) is 3.49. The number of para-hydroxylation sites is 1. The first-order valence-electron chi connectivity index (χ1n) is 7.66. The fraction of sp³-hybridized carbons (Fsp3) is 0.438. The molecule has 2 amide bonds. The molecule has 128 valence electrons. The van der Waals surface area contributed by atoms with E-state index in [-0.39, 0.29) is 35.2 Å². The molecule has 0 spiro atoms. The summed E-state index contributed by atoms with van der Waals surface area (Å²) in [5.74, 6) is -0.569. The number of benzene rings is 1. The molecule has 1 aromatic rings. The van der Waals surface area contributed by atoms with Gasteiger partial charge in [0.2, 0.25) is 11.0 Å². The second kappa shape index (κ2) is 7.21. The summed E-state index contributed by atoms with van der Waals surface area (Å²) in [6.45, 7) is 0.311. The van der Waals surface area contributed by atoms with E-state index in [0.29, 0.717) is 19.5 Å². The normalized spacial score (nSPS) is 20.6. The van der Waals surface area contributed by atoms with Crippen molar-refractivity contribution in [3.63, 3.8) is 0 Å². The van der Waals surface area contributed by atoms with Gasteiger partial charge >= 0.3 is 0 Å². The molecule has 2 aliphatic heterocycles. The number of rotatable bonds is 5. The van der Waals surface area contributed by atoms with E-state index in [0.717, 1.165) is 5.75 Å². The van der Waals surface area contributed by atoms with Crippen molar-refractivity contribution < 1.29 is 23.5 Å². The van der Waals surface area contributed by atoms with Crippen LogP contribution in [0.5, 0.6) is 5.75 Å². The van der Waals surface area contributed by atoms with Gasteiger partial charge in [-0.2, -0.15) is 0 Å². The molecule has 0 aliphatic carbocycles. The maximum Gasteiger partial charge on any atom is 0.260 e. The number of carbonyl (C=O) groups excluding carboxylic acids is 3. The number of ether oxygens (including phenoxy) is 1. The molecule has 1 N–H and O–H groups in total. The van der Waals surface area contributed by atoms with Gasteiger partial charge in [-0.15, -0.1) is 0 Å². The number of halogens is 1. The van der Waals surface area contributed by atoms with Gasteiger partial charge in [0, 0.05) is 18.8 Å². The maximum absolute atomic E-state index is 13.4. The lowest BCUT2D eigenvalue weighted by atomic mass is 9.98. The van der Waals surface area contributed by atoms with Gasteiger partial charge in [0.1, 0.15) is 0 Å². The quantitative estimate of drug-likeness (QED) is 0.849. The Morgan fingerprint density at radius 2 is 2.08 bits per heavy atom. The third kappa shape index (κ3) is 3.69. The highest BCUT2D eigenvalue weighted by molar-refractivity contribution is 8.14. The first-order chi connectivity index (χ1) is 11.5. The zero-order valence-corrected chi connectivity index (χ0v) is 13.7. The smallest absolute Gasteiger partial charge is 0.260 e. The van der Waals surface area contributed by atoms with Crippen molar-refractivity contribution in [2.24, 2.45) is 5.92 Å². The Morgan fingerprint density at radius 1 is 1.33 bits per heavy atom. The van der Waals surface area contributed by atoms with Gasteiger partial charge in [-0.25, -0.2) is 4.39 Å². The molecule has 2 aliphatic rings. The standard InChI is InChI=1S/C16H17FN2O4S/c17-11-3-1-2-4-13(11)23-9-14(20)19-7-10(8-19)15(21)18-12-5-6-24-16(12)22/h1-4,10,12H,5-9H2,(H,18,21)/t12-/m0/s1. The molecule has 6 nitrogen and oxygen atoms in total. The van der Waals surface area contributed by atoms with Gasteiger partial charge in [0.05, 0.1) is 12.0 Å². The van der Waals surface area contributed by atoms with Crippen LogP contribution in [0, 0.1) is 11.7 Å². The van der Waals surface area contributed by atoms with Crippen LogP contribution < -0.4 is 10.1 Å². The summed E-state index contributed by atoms with van der Waals surface area (Å²) in [5.41, 5.74) is 0. The van der Waals surface area contributed by atoms with Gasteiger partial charge in [-0.1, -0.05) is 23.9 Å². The summed E-state index contributed by atoms with van der Waals surface area (Å²) in [6, 6.07) is 5.46. The molecule has 2 heterocycles. The van der Waals surface area contributed by atoms with Crippen LogP contribution in [0.1, 0.15) is 6.42 Å². The number of hydrogen-bond acceptors (Lipinski definition) is 5. The highest BCUT2D eigenvalue weighted by Gasteiger charge is 2.38. The van der Waals surface area contributed by atoms with Crippen molar-refractivity contribution in [2.75, 3.05) is 25.4 Å². The van der Waals surface area contributed by atoms with E-state index in [1.165, 1.54) is 34.9 Å². The van der Waals surface area contributed by atoms with E-state index in [1.807, 2.05) is 0 Å². The molecule has 2 saturated heterocycles. The van der Waals surface area contributed by atoms with Gasteiger partial charge in [-0.05, 0) is 18.6 Å². The predicted octanol–water partition coefficient (Wildman–Crippen LogP) is 0.811.